The second-order valence-electron chi connectivity index (χ2n) is 4.59. The van der Waals surface area contributed by atoms with Crippen LogP contribution >= 0.6 is 0 Å². The lowest BCUT2D eigenvalue weighted by molar-refractivity contribution is -0.125. The molecule has 1 unspecified atom stereocenters. The number of piperidine rings is 1. The number of amides is 1. The highest BCUT2D eigenvalue weighted by atomic mass is 16.1. The maximum absolute atomic E-state index is 11.3. The molecular formula is C11H20N2O. The van der Waals surface area contributed by atoms with Gasteiger partial charge in [-0.2, -0.15) is 0 Å². The average molecular weight is 196 g/mol. The predicted molar refractivity (Wildman–Crippen MR) is 55.8 cm³/mol. The molecule has 14 heavy (non-hydrogen) atoms. The van der Waals surface area contributed by atoms with Crippen molar-refractivity contribution in [2.45, 2.75) is 57.0 Å². The number of rotatable bonds is 2. The summed E-state index contributed by atoms with van der Waals surface area (Å²) in [6, 6.07) is 0.680. The molecule has 0 radical (unpaired) electrons. The van der Waals surface area contributed by atoms with Crippen molar-refractivity contribution in [2.75, 3.05) is 6.54 Å². The molecule has 2 fully saturated rings. The van der Waals surface area contributed by atoms with Crippen LogP contribution in [-0.4, -0.2) is 29.4 Å². The number of primary amides is 1. The molecule has 1 atom stereocenters. The molecule has 1 saturated carbocycles. The molecule has 1 amide bonds. The SMILES string of the molecule is NC(=O)C1CCCCN1C1CCCC1. The summed E-state index contributed by atoms with van der Waals surface area (Å²) in [5.74, 6) is -0.114. The molecule has 80 valence electrons. The molecule has 1 heterocycles. The van der Waals surface area contributed by atoms with Crippen LogP contribution in [0, 0.1) is 0 Å². The molecule has 3 nitrogen and oxygen atoms in total. The quantitative estimate of drug-likeness (QED) is 0.723. The summed E-state index contributed by atoms with van der Waals surface area (Å²) in [5, 5.41) is 0. The lowest BCUT2D eigenvalue weighted by Gasteiger charge is -2.38. The molecule has 0 bridgehead atoms. The summed E-state index contributed by atoms with van der Waals surface area (Å²) >= 11 is 0. The van der Waals surface area contributed by atoms with Gasteiger partial charge in [0.25, 0.3) is 0 Å². The van der Waals surface area contributed by atoms with Gasteiger partial charge < -0.3 is 5.73 Å². The number of carbonyl (C=O) groups excluding carboxylic acids is 1. The zero-order chi connectivity index (χ0) is 9.97. The fourth-order valence-electron chi connectivity index (χ4n) is 2.93. The van der Waals surface area contributed by atoms with Gasteiger partial charge in [-0.3, -0.25) is 9.69 Å². The molecule has 0 aromatic heterocycles. The van der Waals surface area contributed by atoms with Crippen molar-refractivity contribution in [1.29, 1.82) is 0 Å². The molecule has 2 aliphatic rings. The lowest BCUT2D eigenvalue weighted by atomic mass is 9.98. The Hall–Kier alpha value is -0.570. The summed E-state index contributed by atoms with van der Waals surface area (Å²) in [4.78, 5) is 13.7. The fourth-order valence-corrected chi connectivity index (χ4v) is 2.93. The highest BCUT2D eigenvalue weighted by molar-refractivity contribution is 5.80. The molecule has 1 aliphatic heterocycles. The smallest absolute Gasteiger partial charge is 0.234 e. The maximum atomic E-state index is 11.3. The lowest BCUT2D eigenvalue weighted by Crippen LogP contribution is -2.51. The van der Waals surface area contributed by atoms with E-state index in [1.54, 1.807) is 0 Å². The molecular weight excluding hydrogens is 176 g/mol. The van der Waals surface area contributed by atoms with Gasteiger partial charge in [0.1, 0.15) is 0 Å². The fraction of sp³-hybridized carbons (Fsp3) is 0.909. The van der Waals surface area contributed by atoms with Crippen LogP contribution in [0.5, 0.6) is 0 Å². The minimum Gasteiger partial charge on any atom is -0.368 e. The molecule has 0 aromatic carbocycles. The number of carbonyl (C=O) groups is 1. The van der Waals surface area contributed by atoms with Crippen LogP contribution in [0.3, 0.4) is 0 Å². The van der Waals surface area contributed by atoms with Crippen molar-refractivity contribution in [3.63, 3.8) is 0 Å². The van der Waals surface area contributed by atoms with E-state index in [4.69, 9.17) is 5.73 Å². The van der Waals surface area contributed by atoms with E-state index in [1.165, 1.54) is 32.1 Å². The predicted octanol–water partition coefficient (Wildman–Crippen LogP) is 1.27. The van der Waals surface area contributed by atoms with Crippen LogP contribution in [0.2, 0.25) is 0 Å². The third-order valence-corrected chi connectivity index (χ3v) is 3.67. The van der Waals surface area contributed by atoms with Gasteiger partial charge in [-0.05, 0) is 32.2 Å². The van der Waals surface area contributed by atoms with Gasteiger partial charge in [-0.15, -0.1) is 0 Å². The standard InChI is InChI=1S/C11H20N2O/c12-11(14)10-7-3-4-8-13(10)9-5-1-2-6-9/h9-10H,1-8H2,(H2,12,14). The molecule has 2 rings (SSSR count). The maximum Gasteiger partial charge on any atom is 0.234 e. The van der Waals surface area contributed by atoms with Crippen molar-refractivity contribution in [3.8, 4) is 0 Å². The zero-order valence-electron chi connectivity index (χ0n) is 8.74. The number of nitrogens with zero attached hydrogens (tertiary/aromatic N) is 1. The molecule has 1 saturated heterocycles. The van der Waals surface area contributed by atoms with Crippen molar-refractivity contribution in [1.82, 2.24) is 4.90 Å². The van der Waals surface area contributed by atoms with Gasteiger partial charge in [0.2, 0.25) is 5.91 Å². The Labute approximate surface area is 85.6 Å². The first-order valence-corrected chi connectivity index (χ1v) is 5.84. The molecule has 3 heteroatoms. The number of hydrogen-bond acceptors (Lipinski definition) is 2. The summed E-state index contributed by atoms with van der Waals surface area (Å²) < 4.78 is 0. The first kappa shape index (κ1) is 9.97. The summed E-state index contributed by atoms with van der Waals surface area (Å²) in [7, 11) is 0. The van der Waals surface area contributed by atoms with Gasteiger partial charge in [0, 0.05) is 6.04 Å². The van der Waals surface area contributed by atoms with E-state index < -0.39 is 0 Å². The molecule has 0 spiro atoms. The first-order chi connectivity index (χ1) is 6.79. The summed E-state index contributed by atoms with van der Waals surface area (Å²) in [6.45, 7) is 1.08. The van der Waals surface area contributed by atoms with E-state index in [0.29, 0.717) is 6.04 Å². The van der Waals surface area contributed by atoms with Crippen LogP contribution in [0.1, 0.15) is 44.9 Å². The Morgan fingerprint density at radius 1 is 1.07 bits per heavy atom. The highest BCUT2D eigenvalue weighted by Crippen LogP contribution is 2.29. The second kappa shape index (κ2) is 4.30. The van der Waals surface area contributed by atoms with Crippen molar-refractivity contribution in [3.05, 3.63) is 0 Å². The average Bonchev–Trinajstić information content (AvgIpc) is 2.70. The van der Waals surface area contributed by atoms with E-state index in [2.05, 4.69) is 4.90 Å². The summed E-state index contributed by atoms with van der Waals surface area (Å²) in [6.07, 6.45) is 8.57. The van der Waals surface area contributed by atoms with Gasteiger partial charge in [0.15, 0.2) is 0 Å². The van der Waals surface area contributed by atoms with Crippen LogP contribution < -0.4 is 5.73 Å². The van der Waals surface area contributed by atoms with Gasteiger partial charge >= 0.3 is 0 Å². The number of likely N-dealkylation sites (tertiary alicyclic amines) is 1. The third-order valence-electron chi connectivity index (χ3n) is 3.67. The van der Waals surface area contributed by atoms with Crippen LogP contribution in [0.15, 0.2) is 0 Å². The van der Waals surface area contributed by atoms with Gasteiger partial charge in [-0.1, -0.05) is 19.3 Å². The normalized spacial score (nSPS) is 30.7. The topological polar surface area (TPSA) is 46.3 Å². The van der Waals surface area contributed by atoms with Crippen molar-refractivity contribution >= 4 is 5.91 Å². The monoisotopic (exact) mass is 196 g/mol. The van der Waals surface area contributed by atoms with Crippen LogP contribution in [-0.2, 0) is 4.79 Å². The minimum atomic E-state index is -0.114. The molecule has 0 aromatic rings. The largest absolute Gasteiger partial charge is 0.368 e. The number of nitrogens with two attached hydrogens (primary N) is 1. The Morgan fingerprint density at radius 3 is 2.36 bits per heavy atom. The van der Waals surface area contributed by atoms with E-state index in [1.807, 2.05) is 0 Å². The van der Waals surface area contributed by atoms with Crippen LogP contribution in [0.25, 0.3) is 0 Å². The van der Waals surface area contributed by atoms with Crippen LogP contribution in [0.4, 0.5) is 0 Å². The number of hydrogen-bond donors (Lipinski definition) is 1. The van der Waals surface area contributed by atoms with Gasteiger partial charge in [-0.25, -0.2) is 0 Å². The van der Waals surface area contributed by atoms with E-state index in [-0.39, 0.29) is 11.9 Å². The van der Waals surface area contributed by atoms with E-state index in [0.717, 1.165) is 19.4 Å². The van der Waals surface area contributed by atoms with E-state index >= 15 is 0 Å². The Balaban J connectivity index is 2.01. The van der Waals surface area contributed by atoms with Crippen molar-refractivity contribution < 1.29 is 4.79 Å². The van der Waals surface area contributed by atoms with Gasteiger partial charge in [0.05, 0.1) is 6.04 Å². The Bertz CT molecular complexity index is 211. The molecule has 2 N–H and O–H groups in total. The molecule has 1 aliphatic carbocycles. The zero-order valence-corrected chi connectivity index (χ0v) is 8.74. The minimum absolute atomic E-state index is 0.0341. The van der Waals surface area contributed by atoms with E-state index in [9.17, 15) is 4.79 Å². The first-order valence-electron chi connectivity index (χ1n) is 5.84. The third kappa shape index (κ3) is 1.92. The highest BCUT2D eigenvalue weighted by Gasteiger charge is 2.33. The van der Waals surface area contributed by atoms with Crippen molar-refractivity contribution in [2.24, 2.45) is 5.73 Å². The Morgan fingerprint density at radius 2 is 1.71 bits per heavy atom. The summed E-state index contributed by atoms with van der Waals surface area (Å²) in [5.41, 5.74) is 5.44. The Kier molecular flexibility index (Phi) is 3.06. The second-order valence-corrected chi connectivity index (χ2v) is 4.59.